The number of carboxylic acids is 1. The lowest BCUT2D eigenvalue weighted by Gasteiger charge is -2.18. The van der Waals surface area contributed by atoms with Crippen molar-refractivity contribution in [1.82, 2.24) is 4.98 Å². The molecule has 3 aromatic rings. The number of nitrogens with zero attached hydrogens (tertiary/aromatic N) is 1. The highest BCUT2D eigenvalue weighted by atomic mass is 32.2. The maximum Gasteiger partial charge on any atom is 0.310 e. The van der Waals surface area contributed by atoms with Crippen LogP contribution in [-0.4, -0.2) is 30.2 Å². The Morgan fingerprint density at radius 1 is 1.24 bits per heavy atom. The molecule has 8 heteroatoms. The number of carbonyl (C=O) groups is 1. The van der Waals surface area contributed by atoms with Gasteiger partial charge in [-0.2, -0.15) is 0 Å². The molecular weight excluding hydrogens is 397 g/mol. The van der Waals surface area contributed by atoms with E-state index >= 15 is 0 Å². The van der Waals surface area contributed by atoms with E-state index < -0.39 is 27.5 Å². The fourth-order valence-electron chi connectivity index (χ4n) is 3.06. The normalized spacial score (nSPS) is 12.7. The lowest BCUT2D eigenvalue weighted by molar-refractivity contribution is -0.138. The smallest absolute Gasteiger partial charge is 0.310 e. The van der Waals surface area contributed by atoms with Gasteiger partial charge in [0.2, 0.25) is 5.88 Å². The van der Waals surface area contributed by atoms with Gasteiger partial charge in [0.25, 0.3) is 0 Å². The summed E-state index contributed by atoms with van der Waals surface area (Å²) in [5.74, 6) is -1.90. The molecule has 3 rings (SSSR count). The van der Waals surface area contributed by atoms with Crippen molar-refractivity contribution >= 4 is 26.6 Å². The second-order valence-electron chi connectivity index (χ2n) is 6.68. The highest BCUT2D eigenvalue weighted by molar-refractivity contribution is 7.91. The molecule has 0 spiro atoms. The van der Waals surface area contributed by atoms with Gasteiger partial charge in [-0.3, -0.25) is 4.79 Å². The molecular formula is C21H20FNO5S. The van der Waals surface area contributed by atoms with Gasteiger partial charge in [-0.05, 0) is 54.6 Å². The molecule has 0 amide bonds. The lowest BCUT2D eigenvalue weighted by atomic mass is 9.92. The predicted molar refractivity (Wildman–Crippen MR) is 107 cm³/mol. The van der Waals surface area contributed by atoms with Gasteiger partial charge in [-0.15, -0.1) is 0 Å². The van der Waals surface area contributed by atoms with Crippen LogP contribution in [0, 0.1) is 12.7 Å². The highest BCUT2D eigenvalue weighted by Gasteiger charge is 2.22. The number of rotatable bonds is 6. The van der Waals surface area contributed by atoms with Crippen molar-refractivity contribution in [3.63, 3.8) is 0 Å². The molecule has 0 radical (unpaired) electrons. The zero-order valence-corrected chi connectivity index (χ0v) is 17.0. The van der Waals surface area contributed by atoms with E-state index in [0.29, 0.717) is 21.9 Å². The van der Waals surface area contributed by atoms with Crippen LogP contribution >= 0.6 is 0 Å². The predicted octanol–water partition coefficient (Wildman–Crippen LogP) is 4.46. The number of halogens is 1. The Morgan fingerprint density at radius 2 is 1.97 bits per heavy atom. The molecule has 0 saturated heterocycles. The number of hydrogen-bond donors (Lipinski definition) is 1. The first-order valence-electron chi connectivity index (χ1n) is 8.96. The molecule has 2 aromatic carbocycles. The van der Waals surface area contributed by atoms with Gasteiger partial charge in [0.1, 0.15) is 11.6 Å². The maximum atomic E-state index is 13.9. The molecule has 152 valence electrons. The average Bonchev–Trinajstić information content (AvgIpc) is 2.70. The zero-order chi connectivity index (χ0) is 21.3. The number of aromatic nitrogens is 1. The Balaban J connectivity index is 2.13. The molecule has 0 aliphatic rings. The molecule has 0 aliphatic heterocycles. The minimum absolute atomic E-state index is 0.0486. The van der Waals surface area contributed by atoms with Crippen LogP contribution in [0.15, 0.2) is 47.5 Å². The third-order valence-corrected chi connectivity index (χ3v) is 6.56. The van der Waals surface area contributed by atoms with Crippen molar-refractivity contribution < 1.29 is 27.4 Å². The molecule has 1 heterocycles. The van der Waals surface area contributed by atoms with Crippen LogP contribution < -0.4 is 4.74 Å². The summed E-state index contributed by atoms with van der Waals surface area (Å²) in [5.41, 5.74) is 1.09. The summed E-state index contributed by atoms with van der Waals surface area (Å²) in [7, 11) is -3.40. The van der Waals surface area contributed by atoms with Crippen molar-refractivity contribution in [2.24, 2.45) is 0 Å². The Kier molecular flexibility index (Phi) is 5.57. The standard InChI is InChI=1S/C21H20FNO5S/c1-4-29(26,27)16-7-8-19(23-11-16)28-20-12(2)17(13(3)21(24)25)9-14-5-6-15(22)10-18(14)20/h5-11,13H,4H2,1-3H3,(H,24,25). The number of benzene rings is 2. The summed E-state index contributed by atoms with van der Waals surface area (Å²) in [5, 5.41) is 10.5. The fourth-order valence-corrected chi connectivity index (χ4v) is 3.88. The van der Waals surface area contributed by atoms with Gasteiger partial charge in [0, 0.05) is 17.6 Å². The van der Waals surface area contributed by atoms with E-state index in [4.69, 9.17) is 4.74 Å². The van der Waals surface area contributed by atoms with E-state index in [1.54, 1.807) is 32.9 Å². The Hall–Kier alpha value is -3.00. The average molecular weight is 417 g/mol. The third-order valence-electron chi connectivity index (χ3n) is 4.84. The van der Waals surface area contributed by atoms with Gasteiger partial charge in [0.05, 0.1) is 16.6 Å². The summed E-state index contributed by atoms with van der Waals surface area (Å²) in [6.07, 6.45) is 1.20. The second-order valence-corrected chi connectivity index (χ2v) is 8.96. The Morgan fingerprint density at radius 3 is 2.55 bits per heavy atom. The summed E-state index contributed by atoms with van der Waals surface area (Å²) in [6, 6.07) is 8.67. The highest BCUT2D eigenvalue weighted by Crippen LogP contribution is 2.38. The second kappa shape index (κ2) is 7.79. The number of sulfone groups is 1. The van der Waals surface area contributed by atoms with Crippen LogP contribution in [0.5, 0.6) is 11.6 Å². The maximum absolute atomic E-state index is 13.9. The van der Waals surface area contributed by atoms with Crippen LogP contribution in [-0.2, 0) is 14.6 Å². The van der Waals surface area contributed by atoms with E-state index in [1.165, 1.54) is 30.5 Å². The van der Waals surface area contributed by atoms with Gasteiger partial charge in [-0.25, -0.2) is 17.8 Å². The van der Waals surface area contributed by atoms with Gasteiger partial charge in [0.15, 0.2) is 9.84 Å². The van der Waals surface area contributed by atoms with Crippen molar-refractivity contribution in [2.45, 2.75) is 31.6 Å². The molecule has 0 fully saturated rings. The topological polar surface area (TPSA) is 93.6 Å². The minimum atomic E-state index is -3.40. The van der Waals surface area contributed by atoms with Crippen LogP contribution in [0.1, 0.15) is 30.9 Å². The largest absolute Gasteiger partial charge is 0.481 e. The molecule has 29 heavy (non-hydrogen) atoms. The fraction of sp³-hybridized carbons (Fsp3) is 0.238. The van der Waals surface area contributed by atoms with Crippen molar-refractivity contribution in [1.29, 1.82) is 0 Å². The number of fused-ring (bicyclic) bond motifs is 1. The van der Waals surface area contributed by atoms with Gasteiger partial charge in [-0.1, -0.05) is 13.0 Å². The zero-order valence-electron chi connectivity index (χ0n) is 16.1. The minimum Gasteiger partial charge on any atom is -0.481 e. The number of carboxylic acid groups (broad SMARTS) is 1. The van der Waals surface area contributed by atoms with Crippen LogP contribution in [0.3, 0.4) is 0 Å². The van der Waals surface area contributed by atoms with E-state index in [9.17, 15) is 22.7 Å². The lowest BCUT2D eigenvalue weighted by Crippen LogP contribution is -2.10. The summed E-state index contributed by atoms with van der Waals surface area (Å²) in [6.45, 7) is 4.80. The number of hydrogen-bond acceptors (Lipinski definition) is 5. The monoisotopic (exact) mass is 417 g/mol. The molecule has 1 N–H and O–H groups in total. The van der Waals surface area contributed by atoms with Crippen molar-refractivity contribution in [3.8, 4) is 11.6 Å². The quantitative estimate of drug-likeness (QED) is 0.637. The molecule has 1 unspecified atom stereocenters. The van der Waals surface area contributed by atoms with Crippen LogP contribution in [0.25, 0.3) is 10.8 Å². The third kappa shape index (κ3) is 4.07. The molecule has 1 atom stereocenters. The van der Waals surface area contributed by atoms with E-state index in [1.807, 2.05) is 0 Å². The summed E-state index contributed by atoms with van der Waals surface area (Å²) in [4.78, 5) is 15.6. The summed E-state index contributed by atoms with van der Waals surface area (Å²) >= 11 is 0. The number of pyridine rings is 1. The van der Waals surface area contributed by atoms with Crippen molar-refractivity contribution in [3.05, 3.63) is 59.5 Å². The number of aliphatic carboxylic acids is 1. The number of ether oxygens (including phenoxy) is 1. The van der Waals surface area contributed by atoms with E-state index in [-0.39, 0.29) is 22.3 Å². The first-order chi connectivity index (χ1) is 13.6. The van der Waals surface area contributed by atoms with Crippen LogP contribution in [0.4, 0.5) is 4.39 Å². The SMILES string of the molecule is CCS(=O)(=O)c1ccc(Oc2c(C)c(C(C)C(=O)O)cc3ccc(F)cc23)nc1. The van der Waals surface area contributed by atoms with Gasteiger partial charge >= 0.3 is 5.97 Å². The Bertz CT molecular complexity index is 1190. The molecule has 0 bridgehead atoms. The summed E-state index contributed by atoms with van der Waals surface area (Å²) < 4.78 is 43.6. The van der Waals surface area contributed by atoms with E-state index in [0.717, 1.165) is 0 Å². The van der Waals surface area contributed by atoms with Gasteiger partial charge < -0.3 is 9.84 Å². The van der Waals surface area contributed by atoms with E-state index in [2.05, 4.69) is 4.98 Å². The molecule has 0 aliphatic carbocycles. The first kappa shape index (κ1) is 20.7. The van der Waals surface area contributed by atoms with Crippen LogP contribution in [0.2, 0.25) is 0 Å². The Labute approximate surface area is 167 Å². The first-order valence-corrected chi connectivity index (χ1v) is 10.6. The molecule has 6 nitrogen and oxygen atoms in total. The van der Waals surface area contributed by atoms with Crippen molar-refractivity contribution in [2.75, 3.05) is 5.75 Å². The molecule has 0 saturated carbocycles. The molecule has 1 aromatic heterocycles.